The van der Waals surface area contributed by atoms with Gasteiger partial charge >= 0.3 is 0 Å². The lowest BCUT2D eigenvalue weighted by Crippen LogP contribution is -2.26. The van der Waals surface area contributed by atoms with Gasteiger partial charge in [0.25, 0.3) is 5.89 Å². The fraction of sp³-hybridized carbons (Fsp3) is 0.375. The van der Waals surface area contributed by atoms with Gasteiger partial charge in [0, 0.05) is 6.04 Å². The predicted molar refractivity (Wildman–Crippen MR) is 89.0 cm³/mol. The largest absolute Gasteiger partial charge is 0.418 e. The number of hydrogen-bond acceptors (Lipinski definition) is 6. The van der Waals surface area contributed by atoms with Gasteiger partial charge in [0.1, 0.15) is 0 Å². The van der Waals surface area contributed by atoms with Crippen molar-refractivity contribution in [2.75, 3.05) is 6.54 Å². The van der Waals surface area contributed by atoms with Gasteiger partial charge in [0.15, 0.2) is 0 Å². The van der Waals surface area contributed by atoms with Crippen LogP contribution in [0.1, 0.15) is 43.3 Å². The molecule has 22 heavy (non-hydrogen) atoms. The summed E-state index contributed by atoms with van der Waals surface area (Å²) in [5.41, 5.74) is 1.41. The van der Waals surface area contributed by atoms with Crippen molar-refractivity contribution < 1.29 is 4.42 Å². The maximum atomic E-state index is 5.92. The Kier molecular flexibility index (Phi) is 3.82. The molecular weight excluding hydrogens is 314 g/mol. The molecule has 0 radical (unpaired) electrons. The molecule has 1 aliphatic heterocycles. The highest BCUT2D eigenvalue weighted by Crippen LogP contribution is 2.39. The second-order valence-corrected chi connectivity index (χ2v) is 7.28. The van der Waals surface area contributed by atoms with Crippen molar-refractivity contribution >= 4 is 22.7 Å². The molecule has 2 atom stereocenters. The number of aromatic nitrogens is 2. The lowest BCUT2D eigenvalue weighted by molar-refractivity contribution is 0.169. The zero-order chi connectivity index (χ0) is 14.9. The van der Waals surface area contributed by atoms with Crippen LogP contribution in [0.25, 0.3) is 10.8 Å². The summed E-state index contributed by atoms with van der Waals surface area (Å²) in [6.07, 6.45) is 2.42. The number of likely N-dealkylation sites (tertiary alicyclic amines) is 1. The third kappa shape index (κ3) is 2.51. The van der Waals surface area contributed by atoms with Crippen molar-refractivity contribution in [2.24, 2.45) is 0 Å². The summed E-state index contributed by atoms with van der Waals surface area (Å²) in [4.78, 5) is 3.51. The van der Waals surface area contributed by atoms with Gasteiger partial charge in [-0.25, -0.2) is 0 Å². The van der Waals surface area contributed by atoms with Crippen LogP contribution in [0, 0.1) is 0 Å². The molecule has 6 heteroatoms. The quantitative estimate of drug-likeness (QED) is 0.691. The normalized spacial score (nSPS) is 20.5. The Balaban J connectivity index is 1.57. The molecule has 3 aromatic heterocycles. The molecule has 3 aromatic rings. The van der Waals surface area contributed by atoms with E-state index in [9.17, 15) is 0 Å². The first-order chi connectivity index (χ1) is 10.8. The number of rotatable bonds is 4. The van der Waals surface area contributed by atoms with Crippen LogP contribution >= 0.6 is 22.7 Å². The average Bonchev–Trinajstić information content (AvgIpc) is 3.35. The van der Waals surface area contributed by atoms with Gasteiger partial charge in [-0.1, -0.05) is 6.07 Å². The van der Waals surface area contributed by atoms with Crippen molar-refractivity contribution in [1.29, 1.82) is 0 Å². The third-order valence-corrected chi connectivity index (χ3v) is 5.81. The molecule has 1 aliphatic rings. The first kappa shape index (κ1) is 14.1. The average molecular weight is 331 g/mol. The van der Waals surface area contributed by atoms with E-state index in [0.29, 0.717) is 17.8 Å². The molecule has 0 aliphatic carbocycles. The highest BCUT2D eigenvalue weighted by atomic mass is 32.1. The molecule has 4 heterocycles. The molecule has 4 nitrogen and oxygen atoms in total. The Morgan fingerprint density at radius 2 is 2.27 bits per heavy atom. The lowest BCUT2D eigenvalue weighted by atomic mass is 10.1. The molecule has 0 amide bonds. The molecule has 0 saturated carbocycles. The van der Waals surface area contributed by atoms with Crippen LogP contribution < -0.4 is 0 Å². The van der Waals surface area contributed by atoms with Crippen molar-refractivity contribution in [1.82, 2.24) is 15.1 Å². The molecular formula is C16H17N3OS2. The predicted octanol–water partition coefficient (Wildman–Crippen LogP) is 4.76. The zero-order valence-electron chi connectivity index (χ0n) is 12.3. The number of hydrogen-bond donors (Lipinski definition) is 0. The number of thiophene rings is 2. The minimum absolute atomic E-state index is 0.147. The molecule has 0 spiro atoms. The van der Waals surface area contributed by atoms with E-state index in [1.807, 2.05) is 17.5 Å². The Hall–Kier alpha value is -1.50. The van der Waals surface area contributed by atoms with E-state index in [2.05, 4.69) is 38.8 Å². The van der Waals surface area contributed by atoms with Crippen molar-refractivity contribution in [3.8, 4) is 10.8 Å². The monoisotopic (exact) mass is 331 g/mol. The number of nitrogens with zero attached hydrogens (tertiary/aromatic N) is 3. The first-order valence-electron chi connectivity index (χ1n) is 7.48. The summed E-state index contributed by atoms with van der Waals surface area (Å²) in [6, 6.07) is 6.86. The van der Waals surface area contributed by atoms with Crippen LogP contribution in [0.3, 0.4) is 0 Å². The summed E-state index contributed by atoms with van der Waals surface area (Å²) in [5.74, 6) is 1.34. The topological polar surface area (TPSA) is 42.2 Å². The summed E-state index contributed by atoms with van der Waals surface area (Å²) in [6.45, 7) is 3.24. The van der Waals surface area contributed by atoms with E-state index in [1.165, 1.54) is 18.4 Å². The van der Waals surface area contributed by atoms with Crippen LogP contribution in [0.2, 0.25) is 0 Å². The lowest BCUT2D eigenvalue weighted by Gasteiger charge is -2.28. The van der Waals surface area contributed by atoms with Gasteiger partial charge in [0.05, 0.1) is 10.9 Å². The standard InChI is InChI=1S/C16H17N3OS2/c1-11(15-17-18-16(20-15)14-5-3-8-22-14)19-7-2-4-13(19)12-6-9-21-10-12/h3,5-6,8-11,13H,2,4,7H2,1H3. The van der Waals surface area contributed by atoms with Crippen molar-refractivity contribution in [2.45, 2.75) is 31.8 Å². The summed E-state index contributed by atoms with van der Waals surface area (Å²) < 4.78 is 5.92. The van der Waals surface area contributed by atoms with Crippen molar-refractivity contribution in [3.05, 3.63) is 45.8 Å². The SMILES string of the molecule is CC(c1nnc(-c2cccs2)o1)N1CCCC1c1ccsc1. The fourth-order valence-corrected chi connectivity index (χ4v) is 4.47. The molecule has 114 valence electrons. The fourth-order valence-electron chi connectivity index (χ4n) is 3.12. The third-order valence-electron chi connectivity index (χ3n) is 4.25. The first-order valence-corrected chi connectivity index (χ1v) is 9.30. The molecule has 1 fully saturated rings. The van der Waals surface area contributed by atoms with E-state index < -0.39 is 0 Å². The van der Waals surface area contributed by atoms with Crippen LogP contribution in [-0.2, 0) is 0 Å². The Labute approximate surface area is 137 Å². The maximum absolute atomic E-state index is 5.92. The van der Waals surface area contributed by atoms with Gasteiger partial charge in [-0.2, -0.15) is 11.3 Å². The highest BCUT2D eigenvalue weighted by molar-refractivity contribution is 7.13. The molecule has 0 N–H and O–H groups in total. The van der Waals surface area contributed by atoms with Crippen LogP contribution in [0.15, 0.2) is 38.8 Å². The Morgan fingerprint density at radius 1 is 1.32 bits per heavy atom. The summed E-state index contributed by atoms with van der Waals surface area (Å²) in [5, 5.41) is 14.9. The van der Waals surface area contributed by atoms with Crippen LogP contribution in [0.4, 0.5) is 0 Å². The summed E-state index contributed by atoms with van der Waals surface area (Å²) in [7, 11) is 0. The van der Waals surface area contributed by atoms with E-state index in [-0.39, 0.29) is 6.04 Å². The van der Waals surface area contributed by atoms with Crippen LogP contribution in [0.5, 0.6) is 0 Å². The molecule has 0 aromatic carbocycles. The second kappa shape index (κ2) is 5.95. The van der Waals surface area contributed by atoms with E-state index in [0.717, 1.165) is 11.4 Å². The van der Waals surface area contributed by atoms with Gasteiger partial charge < -0.3 is 4.42 Å². The van der Waals surface area contributed by atoms with Gasteiger partial charge in [-0.15, -0.1) is 21.5 Å². The molecule has 4 rings (SSSR count). The van der Waals surface area contributed by atoms with E-state index in [4.69, 9.17) is 4.42 Å². The molecule has 2 unspecified atom stereocenters. The molecule has 1 saturated heterocycles. The minimum Gasteiger partial charge on any atom is -0.418 e. The Morgan fingerprint density at radius 3 is 3.05 bits per heavy atom. The summed E-state index contributed by atoms with van der Waals surface area (Å²) >= 11 is 3.39. The maximum Gasteiger partial charge on any atom is 0.257 e. The zero-order valence-corrected chi connectivity index (χ0v) is 13.9. The van der Waals surface area contributed by atoms with Gasteiger partial charge in [-0.05, 0) is 60.1 Å². The second-order valence-electron chi connectivity index (χ2n) is 5.55. The van der Waals surface area contributed by atoms with E-state index >= 15 is 0 Å². The van der Waals surface area contributed by atoms with Gasteiger partial charge in [0.2, 0.25) is 5.89 Å². The van der Waals surface area contributed by atoms with Gasteiger partial charge in [-0.3, -0.25) is 4.90 Å². The minimum atomic E-state index is 0.147. The van der Waals surface area contributed by atoms with Crippen molar-refractivity contribution in [3.63, 3.8) is 0 Å². The van der Waals surface area contributed by atoms with Crippen LogP contribution in [-0.4, -0.2) is 21.6 Å². The smallest absolute Gasteiger partial charge is 0.257 e. The highest BCUT2D eigenvalue weighted by Gasteiger charge is 2.33. The Bertz CT molecular complexity index is 721. The van der Waals surface area contributed by atoms with E-state index in [1.54, 1.807) is 22.7 Å². The molecule has 0 bridgehead atoms.